The van der Waals surface area contributed by atoms with Crippen LogP contribution in [0.2, 0.25) is 5.02 Å². The van der Waals surface area contributed by atoms with Gasteiger partial charge in [-0.3, -0.25) is 14.5 Å². The summed E-state index contributed by atoms with van der Waals surface area (Å²) in [5, 5.41) is 7.32. The zero-order valence-corrected chi connectivity index (χ0v) is 25.8. The van der Waals surface area contributed by atoms with Crippen molar-refractivity contribution in [3.05, 3.63) is 40.1 Å². The van der Waals surface area contributed by atoms with Gasteiger partial charge in [-0.25, -0.2) is 19.6 Å². The fraction of sp³-hybridized carbons (Fsp3) is 0.533. The average molecular weight is 608 g/mol. The molecule has 0 radical (unpaired) electrons. The van der Waals surface area contributed by atoms with Crippen molar-refractivity contribution in [3.63, 3.8) is 0 Å². The van der Waals surface area contributed by atoms with Crippen LogP contribution in [0, 0.1) is 11.8 Å². The predicted octanol–water partition coefficient (Wildman–Crippen LogP) is 4.94. The Morgan fingerprint density at radius 3 is 2.49 bits per heavy atom. The monoisotopic (exact) mass is 607 g/mol. The van der Waals surface area contributed by atoms with E-state index < -0.39 is 5.76 Å². The molecule has 0 spiro atoms. The number of piperazine rings is 1. The van der Waals surface area contributed by atoms with Crippen LogP contribution in [0.5, 0.6) is 0 Å². The van der Waals surface area contributed by atoms with Gasteiger partial charge >= 0.3 is 11.8 Å². The lowest BCUT2D eigenvalue weighted by atomic mass is 9.83. The molecule has 4 aromatic rings. The molecule has 12 nitrogen and oxygen atoms in total. The summed E-state index contributed by atoms with van der Waals surface area (Å²) in [5.74, 6) is 1.63. The van der Waals surface area contributed by atoms with E-state index in [9.17, 15) is 9.59 Å². The highest BCUT2D eigenvalue weighted by atomic mass is 35.5. The van der Waals surface area contributed by atoms with E-state index in [-0.39, 0.29) is 23.9 Å². The maximum Gasteiger partial charge on any atom is 0.439 e. The van der Waals surface area contributed by atoms with Crippen LogP contribution in [0.25, 0.3) is 33.8 Å². The Balaban J connectivity index is 1.53. The van der Waals surface area contributed by atoms with Gasteiger partial charge in [0, 0.05) is 56.2 Å². The van der Waals surface area contributed by atoms with Gasteiger partial charge in [-0.15, -0.1) is 0 Å². The van der Waals surface area contributed by atoms with Gasteiger partial charge in [-0.05, 0) is 57.6 Å². The van der Waals surface area contributed by atoms with E-state index in [0.29, 0.717) is 47.5 Å². The first kappa shape index (κ1) is 29.2. The summed E-state index contributed by atoms with van der Waals surface area (Å²) in [5.41, 5.74) is 3.40. The number of nitrogens with zero attached hydrogens (tertiary/aromatic N) is 7. The SMILES string of the molecule is CCNC(=O)N1C[C@H](C)N(c2nc3cc(-c4noc(=O)[nH]4)nc(-c4cncc(Cl)c4)c3n2CC2CCC(C)CC2)[C@@H](C)C1. The van der Waals surface area contributed by atoms with Crippen LogP contribution < -0.4 is 16.0 Å². The Kier molecular flexibility index (Phi) is 8.13. The number of urea groups is 1. The van der Waals surface area contributed by atoms with Crippen molar-refractivity contribution in [1.82, 2.24) is 39.9 Å². The molecule has 4 aromatic heterocycles. The number of carbonyl (C=O) groups excluding carboxylic acids is 1. The molecule has 2 amide bonds. The number of H-pyrrole nitrogens is 1. The number of anilines is 1. The highest BCUT2D eigenvalue weighted by Crippen LogP contribution is 2.38. The number of hydrogen-bond donors (Lipinski definition) is 2. The summed E-state index contributed by atoms with van der Waals surface area (Å²) in [6, 6.07) is 3.67. The van der Waals surface area contributed by atoms with E-state index in [4.69, 9.17) is 26.1 Å². The van der Waals surface area contributed by atoms with Gasteiger partial charge in [0.05, 0.1) is 21.7 Å². The minimum Gasteiger partial charge on any atom is -0.338 e. The molecule has 0 aromatic carbocycles. The predicted molar refractivity (Wildman–Crippen MR) is 165 cm³/mol. The van der Waals surface area contributed by atoms with E-state index in [2.05, 4.69) is 50.7 Å². The minimum atomic E-state index is -0.659. The normalized spacial score (nSPS) is 22.7. The van der Waals surface area contributed by atoms with Crippen molar-refractivity contribution in [1.29, 1.82) is 0 Å². The molecular weight excluding hydrogens is 570 g/mol. The lowest BCUT2D eigenvalue weighted by molar-refractivity contribution is 0.176. The third kappa shape index (κ3) is 5.84. The highest BCUT2D eigenvalue weighted by molar-refractivity contribution is 6.30. The molecule has 43 heavy (non-hydrogen) atoms. The van der Waals surface area contributed by atoms with Gasteiger partial charge in [0.25, 0.3) is 0 Å². The molecule has 13 heteroatoms. The lowest BCUT2D eigenvalue weighted by Crippen LogP contribution is -2.60. The summed E-state index contributed by atoms with van der Waals surface area (Å²) in [6.45, 7) is 11.1. The quantitative estimate of drug-likeness (QED) is 0.314. The third-order valence-corrected chi connectivity index (χ3v) is 8.91. The Labute approximate surface area is 254 Å². The van der Waals surface area contributed by atoms with Crippen LogP contribution in [-0.4, -0.2) is 72.3 Å². The van der Waals surface area contributed by atoms with E-state index in [0.717, 1.165) is 42.3 Å². The topological polar surface area (TPSA) is 138 Å². The molecular formula is C30H38ClN9O3. The maximum atomic E-state index is 12.7. The fourth-order valence-electron chi connectivity index (χ4n) is 6.63. The molecule has 2 N–H and O–H groups in total. The van der Waals surface area contributed by atoms with Crippen molar-refractivity contribution < 1.29 is 9.32 Å². The number of halogens is 1. The van der Waals surface area contributed by atoms with Gasteiger partial charge in [-0.2, -0.15) is 0 Å². The van der Waals surface area contributed by atoms with Gasteiger partial charge in [0.15, 0.2) is 0 Å². The zero-order chi connectivity index (χ0) is 30.2. The number of pyridine rings is 2. The summed E-state index contributed by atoms with van der Waals surface area (Å²) in [7, 11) is 0. The van der Waals surface area contributed by atoms with Crippen LogP contribution in [0.3, 0.4) is 0 Å². The first-order valence-electron chi connectivity index (χ1n) is 15.1. The second kappa shape index (κ2) is 12.0. The van der Waals surface area contributed by atoms with Gasteiger partial charge in [0.2, 0.25) is 11.8 Å². The number of imidazole rings is 1. The maximum absolute atomic E-state index is 12.7. The van der Waals surface area contributed by atoms with Gasteiger partial charge in [-0.1, -0.05) is 36.5 Å². The summed E-state index contributed by atoms with van der Waals surface area (Å²) in [6.07, 6.45) is 8.03. The van der Waals surface area contributed by atoms with Crippen molar-refractivity contribution in [3.8, 4) is 22.8 Å². The number of carbonyl (C=O) groups is 1. The van der Waals surface area contributed by atoms with E-state index in [1.54, 1.807) is 12.4 Å². The number of aromatic amines is 1. The molecule has 1 aliphatic heterocycles. The second-order valence-electron chi connectivity index (χ2n) is 12.1. The number of hydrogen-bond acceptors (Lipinski definition) is 8. The Morgan fingerprint density at radius 1 is 1.09 bits per heavy atom. The number of rotatable bonds is 6. The number of nitrogens with one attached hydrogen (secondary N) is 2. The molecule has 2 fully saturated rings. The molecule has 0 bridgehead atoms. The van der Waals surface area contributed by atoms with Crippen molar-refractivity contribution in [2.45, 2.75) is 72.0 Å². The van der Waals surface area contributed by atoms with Gasteiger partial charge in [0.1, 0.15) is 5.69 Å². The van der Waals surface area contributed by atoms with Crippen molar-refractivity contribution in [2.75, 3.05) is 24.5 Å². The molecule has 1 saturated heterocycles. The van der Waals surface area contributed by atoms with E-state index in [1.807, 2.05) is 24.0 Å². The second-order valence-corrected chi connectivity index (χ2v) is 12.5. The number of fused-ring (bicyclic) bond motifs is 1. The minimum absolute atomic E-state index is 0.0175. The molecule has 5 heterocycles. The Morgan fingerprint density at radius 2 is 1.84 bits per heavy atom. The molecule has 0 unspecified atom stereocenters. The molecule has 2 atom stereocenters. The van der Waals surface area contributed by atoms with E-state index in [1.165, 1.54) is 12.8 Å². The summed E-state index contributed by atoms with van der Waals surface area (Å²) >= 11 is 6.41. The van der Waals surface area contributed by atoms with E-state index >= 15 is 0 Å². The molecule has 228 valence electrons. The molecule has 6 rings (SSSR count). The molecule has 1 aliphatic carbocycles. The first-order valence-corrected chi connectivity index (χ1v) is 15.5. The van der Waals surface area contributed by atoms with Crippen molar-refractivity contribution in [2.24, 2.45) is 11.8 Å². The average Bonchev–Trinajstić information content (AvgIpc) is 3.57. The number of amides is 2. The standard InChI is InChI=1S/C30H38ClN9O3/c1-5-33-29(41)38-14-18(3)40(19(4)15-38)28-35-23-11-24(27-36-30(42)43-37-27)34-25(21-10-22(31)13-32-12-21)26(23)39(28)16-20-8-6-17(2)7-9-20/h10-13,17-20H,5-9,14-16H2,1-4H3,(H,33,41)(H,36,37,42)/t17?,18-,19-,20?/m0/s1. The van der Waals surface area contributed by atoms with Crippen molar-refractivity contribution >= 4 is 34.6 Å². The first-order chi connectivity index (χ1) is 20.7. The Bertz CT molecular complexity index is 1660. The smallest absolute Gasteiger partial charge is 0.338 e. The Hall–Kier alpha value is -3.93. The highest BCUT2D eigenvalue weighted by Gasteiger charge is 2.36. The summed E-state index contributed by atoms with van der Waals surface area (Å²) < 4.78 is 7.11. The van der Waals surface area contributed by atoms with Crippen LogP contribution in [0.1, 0.15) is 53.4 Å². The van der Waals surface area contributed by atoms with Crippen LogP contribution in [0.15, 0.2) is 33.8 Å². The van der Waals surface area contributed by atoms with Crippen LogP contribution in [0.4, 0.5) is 10.7 Å². The third-order valence-electron chi connectivity index (χ3n) is 8.71. The molecule has 1 saturated carbocycles. The van der Waals surface area contributed by atoms with Crippen LogP contribution in [-0.2, 0) is 6.54 Å². The van der Waals surface area contributed by atoms with Gasteiger partial charge < -0.3 is 19.7 Å². The summed E-state index contributed by atoms with van der Waals surface area (Å²) in [4.78, 5) is 46.0. The fourth-order valence-corrected chi connectivity index (χ4v) is 6.81. The largest absolute Gasteiger partial charge is 0.439 e. The number of aromatic nitrogens is 6. The van der Waals surface area contributed by atoms with Crippen LogP contribution >= 0.6 is 11.6 Å². The zero-order valence-electron chi connectivity index (χ0n) is 25.0. The molecule has 2 aliphatic rings. The lowest BCUT2D eigenvalue weighted by Gasteiger charge is -2.45.